The summed E-state index contributed by atoms with van der Waals surface area (Å²) in [6.45, 7) is 5.10. The van der Waals surface area contributed by atoms with E-state index in [1.807, 2.05) is 18.2 Å². The lowest BCUT2D eigenvalue weighted by atomic mass is 9.94. The van der Waals surface area contributed by atoms with E-state index >= 15 is 0 Å². The van der Waals surface area contributed by atoms with Gasteiger partial charge in [0.1, 0.15) is 5.78 Å². The number of nitrogens with one attached hydrogen (secondary N) is 1. The zero-order valence-electron chi connectivity index (χ0n) is 13.7. The molecule has 1 aliphatic rings. The van der Waals surface area contributed by atoms with Gasteiger partial charge in [0.25, 0.3) is 5.91 Å². The van der Waals surface area contributed by atoms with Crippen LogP contribution in [0.3, 0.4) is 0 Å². The van der Waals surface area contributed by atoms with Gasteiger partial charge in [-0.3, -0.25) is 9.59 Å². The van der Waals surface area contributed by atoms with Crippen molar-refractivity contribution in [3.63, 3.8) is 0 Å². The third-order valence-electron chi connectivity index (χ3n) is 4.45. The van der Waals surface area contributed by atoms with Crippen LogP contribution in [-0.4, -0.2) is 29.3 Å². The molecule has 0 saturated carbocycles. The molecule has 0 saturated heterocycles. The molecule has 0 aliphatic heterocycles. The zero-order valence-corrected chi connectivity index (χ0v) is 13.7. The number of para-hydroxylation sites is 1. The summed E-state index contributed by atoms with van der Waals surface area (Å²) in [5, 5.41) is 3.88. The summed E-state index contributed by atoms with van der Waals surface area (Å²) in [5.74, 6) is 0.169. The van der Waals surface area contributed by atoms with Crippen LogP contribution in [0.2, 0.25) is 0 Å². The summed E-state index contributed by atoms with van der Waals surface area (Å²) in [5.41, 5.74) is 9.38. The second kappa shape index (κ2) is 6.16. The normalized spacial score (nSPS) is 14.3. The van der Waals surface area contributed by atoms with Crippen LogP contribution in [0.15, 0.2) is 18.2 Å². The lowest BCUT2D eigenvalue weighted by molar-refractivity contribution is -0.118. The minimum absolute atomic E-state index is 0.107. The Balaban J connectivity index is 2.24. The van der Waals surface area contributed by atoms with Crippen LogP contribution in [0.5, 0.6) is 0 Å². The van der Waals surface area contributed by atoms with Gasteiger partial charge >= 0.3 is 0 Å². The lowest BCUT2D eigenvalue weighted by Gasteiger charge is -2.19. The molecule has 5 heteroatoms. The predicted molar refractivity (Wildman–Crippen MR) is 90.7 cm³/mol. The van der Waals surface area contributed by atoms with E-state index in [2.05, 4.69) is 23.7 Å². The predicted octanol–water partition coefficient (Wildman–Crippen LogP) is 1.97. The molecule has 0 fully saturated rings. The van der Waals surface area contributed by atoms with E-state index in [0.29, 0.717) is 31.5 Å². The molecule has 1 aliphatic carbocycles. The number of nitrogens with zero attached hydrogens (tertiary/aromatic N) is 1. The van der Waals surface area contributed by atoms with Crippen molar-refractivity contribution in [2.45, 2.75) is 39.2 Å². The SMILES string of the molecule is CC(C)n1c2c(c3cccc(C(=O)NCCN)c31)CC(=O)CC2. The Labute approximate surface area is 135 Å². The number of rotatable bonds is 4. The molecule has 1 amide bonds. The standard InChI is InChI=1S/C18H23N3O2/c1-11(2)21-16-7-6-12(22)10-15(16)13-4-3-5-14(17(13)21)18(23)20-9-8-19/h3-5,11H,6-10,19H2,1-2H3,(H,20,23). The van der Waals surface area contributed by atoms with Crippen molar-refractivity contribution in [2.24, 2.45) is 5.73 Å². The fourth-order valence-corrected chi connectivity index (χ4v) is 3.53. The van der Waals surface area contributed by atoms with Crippen molar-refractivity contribution in [1.82, 2.24) is 9.88 Å². The average molecular weight is 313 g/mol. The summed E-state index contributed by atoms with van der Waals surface area (Å²) < 4.78 is 2.23. The monoisotopic (exact) mass is 313 g/mol. The largest absolute Gasteiger partial charge is 0.351 e. The molecule has 3 rings (SSSR count). The van der Waals surface area contributed by atoms with Gasteiger partial charge in [-0.1, -0.05) is 12.1 Å². The number of hydrogen-bond acceptors (Lipinski definition) is 3. The third kappa shape index (κ3) is 2.65. The Kier molecular flexibility index (Phi) is 4.22. The summed E-state index contributed by atoms with van der Waals surface area (Å²) in [4.78, 5) is 24.4. The molecule has 0 bridgehead atoms. The first-order chi connectivity index (χ1) is 11.0. The van der Waals surface area contributed by atoms with E-state index in [-0.39, 0.29) is 17.7 Å². The van der Waals surface area contributed by atoms with Crippen molar-refractivity contribution in [3.8, 4) is 0 Å². The number of Topliss-reactive ketones (excluding diaryl/α,β-unsaturated/α-hetero) is 1. The molecule has 1 aromatic carbocycles. The van der Waals surface area contributed by atoms with E-state index < -0.39 is 0 Å². The fraction of sp³-hybridized carbons (Fsp3) is 0.444. The van der Waals surface area contributed by atoms with Gasteiger partial charge in [0.2, 0.25) is 0 Å². The molecule has 0 unspecified atom stereocenters. The smallest absolute Gasteiger partial charge is 0.253 e. The van der Waals surface area contributed by atoms with Gasteiger partial charge in [0.05, 0.1) is 11.1 Å². The molecule has 0 spiro atoms. The van der Waals surface area contributed by atoms with E-state index in [1.54, 1.807) is 0 Å². The van der Waals surface area contributed by atoms with E-state index in [4.69, 9.17) is 5.73 Å². The number of hydrogen-bond donors (Lipinski definition) is 2. The van der Waals surface area contributed by atoms with E-state index in [0.717, 1.165) is 22.9 Å². The number of fused-ring (bicyclic) bond motifs is 3. The first-order valence-electron chi connectivity index (χ1n) is 8.19. The molecule has 1 aromatic heterocycles. The van der Waals surface area contributed by atoms with Crippen LogP contribution < -0.4 is 11.1 Å². The summed E-state index contributed by atoms with van der Waals surface area (Å²) in [6, 6.07) is 5.99. The van der Waals surface area contributed by atoms with Crippen LogP contribution in [0.25, 0.3) is 10.9 Å². The van der Waals surface area contributed by atoms with Crippen LogP contribution in [-0.2, 0) is 17.6 Å². The van der Waals surface area contributed by atoms with Gasteiger partial charge in [0, 0.05) is 43.1 Å². The van der Waals surface area contributed by atoms with Crippen LogP contribution in [0, 0.1) is 0 Å². The van der Waals surface area contributed by atoms with Gasteiger partial charge in [-0.25, -0.2) is 0 Å². The van der Waals surface area contributed by atoms with Crippen molar-refractivity contribution in [2.75, 3.05) is 13.1 Å². The highest BCUT2D eigenvalue weighted by Gasteiger charge is 2.27. The summed E-state index contributed by atoms with van der Waals surface area (Å²) >= 11 is 0. The van der Waals surface area contributed by atoms with E-state index in [1.165, 1.54) is 5.69 Å². The molecular formula is C18H23N3O2. The number of ketones is 1. The Morgan fingerprint density at radius 3 is 2.83 bits per heavy atom. The number of nitrogens with two attached hydrogens (primary N) is 1. The van der Waals surface area contributed by atoms with Crippen molar-refractivity contribution >= 4 is 22.6 Å². The number of aromatic nitrogens is 1. The highest BCUT2D eigenvalue weighted by molar-refractivity contribution is 6.08. The molecule has 2 aromatic rings. The second-order valence-electron chi connectivity index (χ2n) is 6.35. The zero-order chi connectivity index (χ0) is 16.6. The van der Waals surface area contributed by atoms with Crippen LogP contribution in [0.1, 0.15) is 47.9 Å². The van der Waals surface area contributed by atoms with Gasteiger partial charge in [-0.2, -0.15) is 0 Å². The van der Waals surface area contributed by atoms with Gasteiger partial charge < -0.3 is 15.6 Å². The Morgan fingerprint density at radius 1 is 1.35 bits per heavy atom. The highest BCUT2D eigenvalue weighted by Crippen LogP contribution is 2.35. The Hall–Kier alpha value is -2.14. The molecule has 0 radical (unpaired) electrons. The van der Waals surface area contributed by atoms with Crippen molar-refractivity contribution in [3.05, 3.63) is 35.0 Å². The second-order valence-corrected chi connectivity index (χ2v) is 6.35. The van der Waals surface area contributed by atoms with Crippen molar-refractivity contribution < 1.29 is 9.59 Å². The van der Waals surface area contributed by atoms with Crippen LogP contribution in [0.4, 0.5) is 0 Å². The maximum absolute atomic E-state index is 12.5. The van der Waals surface area contributed by atoms with Crippen LogP contribution >= 0.6 is 0 Å². The molecule has 23 heavy (non-hydrogen) atoms. The first-order valence-corrected chi connectivity index (χ1v) is 8.19. The lowest BCUT2D eigenvalue weighted by Crippen LogP contribution is -2.29. The molecular weight excluding hydrogens is 290 g/mol. The Bertz CT molecular complexity index is 774. The van der Waals surface area contributed by atoms with Gasteiger partial charge in [-0.15, -0.1) is 0 Å². The van der Waals surface area contributed by atoms with E-state index in [9.17, 15) is 9.59 Å². The number of amides is 1. The first kappa shape index (κ1) is 15.7. The molecule has 0 atom stereocenters. The van der Waals surface area contributed by atoms with Gasteiger partial charge in [-0.05, 0) is 31.9 Å². The minimum atomic E-state index is -0.107. The number of benzene rings is 1. The quantitative estimate of drug-likeness (QED) is 0.906. The highest BCUT2D eigenvalue weighted by atomic mass is 16.1. The summed E-state index contributed by atoms with van der Waals surface area (Å²) in [7, 11) is 0. The maximum Gasteiger partial charge on any atom is 0.253 e. The average Bonchev–Trinajstić information content (AvgIpc) is 2.86. The fourth-order valence-electron chi connectivity index (χ4n) is 3.53. The molecule has 5 nitrogen and oxygen atoms in total. The summed E-state index contributed by atoms with van der Waals surface area (Å²) in [6.07, 6.45) is 1.81. The topological polar surface area (TPSA) is 77.1 Å². The molecule has 122 valence electrons. The number of carbonyl (C=O) groups is 2. The minimum Gasteiger partial charge on any atom is -0.351 e. The van der Waals surface area contributed by atoms with Gasteiger partial charge in [0.15, 0.2) is 0 Å². The Morgan fingerprint density at radius 2 is 2.13 bits per heavy atom. The maximum atomic E-state index is 12.5. The molecule has 3 N–H and O–H groups in total. The van der Waals surface area contributed by atoms with Crippen molar-refractivity contribution in [1.29, 1.82) is 0 Å². The molecule has 1 heterocycles. The third-order valence-corrected chi connectivity index (χ3v) is 4.45. The number of carbonyl (C=O) groups excluding carboxylic acids is 2.